The van der Waals surface area contributed by atoms with Crippen LogP contribution >= 0.6 is 34.4 Å². The zero-order valence-corrected chi connectivity index (χ0v) is 55.3. The number of thiophene rings is 2. The number of hydrogen-bond donors (Lipinski definition) is 0. The van der Waals surface area contributed by atoms with Crippen LogP contribution in [0.3, 0.4) is 0 Å². The summed E-state index contributed by atoms with van der Waals surface area (Å²) in [5.74, 6) is 0. The molecule has 0 unspecified atom stereocenters. The van der Waals surface area contributed by atoms with Gasteiger partial charge in [-0.3, -0.25) is 25.9 Å². The molecule has 4 heterocycles. The molecule has 0 amide bonds. The minimum Gasteiger partial charge on any atom is -0.254 e. The third-order valence-corrected chi connectivity index (χ3v) is 21.9. The largest absolute Gasteiger partial charge is 0.762 e. The second-order valence-electron chi connectivity index (χ2n) is 24.3. The van der Waals surface area contributed by atoms with Crippen LogP contribution in [0.2, 0.25) is 0 Å². The summed E-state index contributed by atoms with van der Waals surface area (Å²) in [5, 5.41) is 0. The molecular formula is C72H86B2F6N4S4. The van der Waals surface area contributed by atoms with Gasteiger partial charge in [0.25, 0.3) is 0 Å². The lowest BCUT2D eigenvalue weighted by Crippen LogP contribution is -2.25. The van der Waals surface area contributed by atoms with Gasteiger partial charge in [-0.15, -0.1) is 22.7 Å². The summed E-state index contributed by atoms with van der Waals surface area (Å²) in [7, 11) is -7.33. The Hall–Kier alpha value is -5.15. The maximum atomic E-state index is 9.67. The van der Waals surface area contributed by atoms with E-state index in [1.807, 2.05) is 22.7 Å². The number of aromatic nitrogens is 2. The molecule has 88 heavy (non-hydrogen) atoms. The van der Waals surface area contributed by atoms with Gasteiger partial charge in [0.15, 0.2) is 0 Å². The van der Waals surface area contributed by atoms with E-state index < -0.39 is 15.1 Å². The van der Waals surface area contributed by atoms with Crippen molar-refractivity contribution >= 4 is 83.3 Å². The molecule has 0 radical (unpaired) electrons. The van der Waals surface area contributed by atoms with E-state index in [1.165, 1.54) is 256 Å². The molecule has 5 aromatic carbocycles. The van der Waals surface area contributed by atoms with E-state index in [2.05, 4.69) is 137 Å². The van der Waals surface area contributed by atoms with Crippen molar-refractivity contribution in [2.24, 2.45) is 8.73 Å². The quantitative estimate of drug-likeness (QED) is 0.0240. The number of benzene rings is 5. The van der Waals surface area contributed by atoms with Crippen molar-refractivity contribution in [3.63, 3.8) is 0 Å². The molecule has 0 saturated heterocycles. The van der Waals surface area contributed by atoms with Crippen LogP contribution < -0.4 is 0 Å². The first kappa shape index (κ1) is 67.2. The van der Waals surface area contributed by atoms with Crippen molar-refractivity contribution in [1.29, 1.82) is 0 Å². The summed E-state index contributed by atoms with van der Waals surface area (Å²) < 4.78 is 78.4. The lowest BCUT2D eigenvalue weighted by atomic mass is 9.70. The van der Waals surface area contributed by atoms with Gasteiger partial charge in [-0.2, -0.15) is 17.5 Å². The Morgan fingerprint density at radius 2 is 0.659 bits per heavy atom. The van der Waals surface area contributed by atoms with Crippen LogP contribution in [0.25, 0.3) is 75.0 Å². The van der Waals surface area contributed by atoms with Crippen LogP contribution in [0.1, 0.15) is 230 Å². The summed E-state index contributed by atoms with van der Waals surface area (Å²) in [4.78, 5) is 4.92. The van der Waals surface area contributed by atoms with Gasteiger partial charge in [0.1, 0.15) is 22.4 Å². The molecule has 4 nitrogen and oxygen atoms in total. The molecule has 16 heteroatoms. The van der Waals surface area contributed by atoms with Crippen LogP contribution in [0.15, 0.2) is 118 Å². The zero-order valence-electron chi connectivity index (χ0n) is 52.0. The Balaban J connectivity index is 0.00000109. The predicted octanol–water partition coefficient (Wildman–Crippen LogP) is 26.5. The average molecular weight is 1270 g/mol. The van der Waals surface area contributed by atoms with E-state index in [4.69, 9.17) is 17.5 Å². The maximum Gasteiger partial charge on any atom is 0.762 e. The first-order valence-electron chi connectivity index (χ1n) is 32.9. The average Bonchev–Trinajstić information content (AvgIpc) is 1.66. The summed E-state index contributed by atoms with van der Waals surface area (Å²) in [5.41, 5.74) is 20.6. The van der Waals surface area contributed by atoms with Crippen LogP contribution in [0.4, 0.5) is 37.3 Å². The minimum atomic E-state index is -3.67. The van der Waals surface area contributed by atoms with Gasteiger partial charge in [-0.1, -0.05) is 255 Å². The first-order valence-corrected chi connectivity index (χ1v) is 36.0. The molecule has 8 aromatic rings. The van der Waals surface area contributed by atoms with Crippen molar-refractivity contribution in [2.45, 2.75) is 218 Å². The van der Waals surface area contributed by atoms with E-state index in [1.54, 1.807) is 22.3 Å². The molecular weight excluding hydrogens is 1180 g/mol. The number of unbranched alkanes of at least 4 members (excludes halogenated alkanes) is 20. The number of fused-ring (bicyclic) bond motifs is 8. The monoisotopic (exact) mass is 1270 g/mol. The third kappa shape index (κ3) is 15.8. The molecule has 0 spiro atoms. The van der Waals surface area contributed by atoms with Crippen molar-refractivity contribution in [1.82, 2.24) is 8.75 Å². The zero-order chi connectivity index (χ0) is 61.9. The Kier molecular flexibility index (Phi) is 25.4. The van der Waals surface area contributed by atoms with Gasteiger partial charge in [0.05, 0.1) is 23.1 Å². The molecule has 2 aliphatic carbocycles. The molecule has 466 valence electrons. The second kappa shape index (κ2) is 33.3. The second-order valence-corrected chi connectivity index (χ2v) is 27.6. The highest BCUT2D eigenvalue weighted by Gasteiger charge is 2.44. The minimum absolute atomic E-state index is 0.0450. The van der Waals surface area contributed by atoms with Gasteiger partial charge >= 0.3 is 15.1 Å². The normalized spacial score (nSPS) is 13.5. The molecule has 0 bridgehead atoms. The molecule has 0 fully saturated rings. The summed E-state index contributed by atoms with van der Waals surface area (Å²) in [6.45, 7) is 9.29. The van der Waals surface area contributed by atoms with Crippen LogP contribution in [-0.4, -0.2) is 23.8 Å². The van der Waals surface area contributed by atoms with Crippen LogP contribution in [-0.2, 0) is 22.2 Å². The van der Waals surface area contributed by atoms with Gasteiger partial charge in [0.2, 0.25) is 0 Å². The fraction of sp³-hybridized carbons (Fsp3) is 0.472. The fourth-order valence-corrected chi connectivity index (χ4v) is 17.6. The summed E-state index contributed by atoms with van der Waals surface area (Å²) in [6.07, 6.45) is 36.6. The SMILES string of the molecule is CCCCCCCCC1(CCCCCCCC)c2ccccc2-c2ccc(-c3ccc(-c4c5c(c(-c6ccc(-c7ccc8c(c7)C(CCCCCCCC)(CCCCCCCC)c7ccccc7-8)s6)c6nsnc46)N=S=N5)s3)cc21.FB(F)F.FB(F)F. The Morgan fingerprint density at radius 1 is 0.352 bits per heavy atom. The van der Waals surface area contributed by atoms with Gasteiger partial charge in [-0.05, 0) is 118 Å². The number of rotatable bonds is 32. The first-order chi connectivity index (χ1) is 43.0. The van der Waals surface area contributed by atoms with E-state index in [0.29, 0.717) is 0 Å². The molecule has 1 aliphatic heterocycles. The Morgan fingerprint density at radius 3 is 1.01 bits per heavy atom. The predicted molar refractivity (Wildman–Crippen MR) is 369 cm³/mol. The van der Waals surface area contributed by atoms with Crippen molar-refractivity contribution in [2.75, 3.05) is 0 Å². The van der Waals surface area contributed by atoms with Crippen LogP contribution in [0, 0.1) is 0 Å². The lowest BCUT2D eigenvalue weighted by molar-refractivity contribution is 0.398. The number of hydrogen-bond acceptors (Lipinski definition) is 7. The van der Waals surface area contributed by atoms with E-state index in [-0.39, 0.29) is 10.8 Å². The lowest BCUT2D eigenvalue weighted by Gasteiger charge is -2.33. The van der Waals surface area contributed by atoms with E-state index in [0.717, 1.165) is 33.5 Å². The summed E-state index contributed by atoms with van der Waals surface area (Å²) in [6, 6.07) is 43.0. The molecule has 11 rings (SSSR count). The molecule has 3 aliphatic rings. The molecule has 0 N–H and O–H groups in total. The topological polar surface area (TPSA) is 50.5 Å². The fourth-order valence-electron chi connectivity index (χ4n) is 14.4. The standard InChI is InChI=1S/C72H86N4S4.2BF3/c1-5-9-13-17-21-29-45-71(46-30-22-18-14-10-6-2)57-35-27-25-33-53(57)55-39-37-51(49-59(55)71)61-41-43-63(77-61)65-67-69(75-79-73-67)66(70-68(65)74-80-76-70)64-44-42-62(78-64)52-38-40-56-54-34-26-28-36-58(54)72(60(56)50-52,47-31-23-19-15-11-7-3)48-32-24-20-16-12-8-4;2*2-1(3)4/h25-28,33-44,49-50H,5-24,29-32,45-48H2,1-4H3;;. The Bertz CT molecular complexity index is 3330. The van der Waals surface area contributed by atoms with Crippen molar-refractivity contribution in [3.8, 4) is 64.0 Å². The van der Waals surface area contributed by atoms with E-state index >= 15 is 0 Å². The van der Waals surface area contributed by atoms with Crippen molar-refractivity contribution in [3.05, 3.63) is 131 Å². The van der Waals surface area contributed by atoms with Gasteiger partial charge in [0, 0.05) is 41.5 Å². The highest BCUT2D eigenvalue weighted by atomic mass is 32.1. The molecule has 0 saturated carbocycles. The third-order valence-electron chi connectivity index (χ3n) is 18.6. The highest BCUT2D eigenvalue weighted by molar-refractivity contribution is 7.58. The molecule has 0 atom stereocenters. The highest BCUT2D eigenvalue weighted by Crippen LogP contribution is 2.59. The molecule has 3 aromatic heterocycles. The Labute approximate surface area is 536 Å². The van der Waals surface area contributed by atoms with Gasteiger partial charge in [-0.25, -0.2) is 0 Å². The summed E-state index contributed by atoms with van der Waals surface area (Å²) >= 11 is 6.35. The number of nitrogens with zero attached hydrogens (tertiary/aromatic N) is 4. The number of halogens is 6. The van der Waals surface area contributed by atoms with E-state index in [9.17, 15) is 25.9 Å². The van der Waals surface area contributed by atoms with Gasteiger partial charge < -0.3 is 0 Å². The maximum absolute atomic E-state index is 9.67. The van der Waals surface area contributed by atoms with Crippen LogP contribution in [0.5, 0.6) is 0 Å². The smallest absolute Gasteiger partial charge is 0.254 e. The van der Waals surface area contributed by atoms with Crippen molar-refractivity contribution < 1.29 is 25.9 Å².